The lowest BCUT2D eigenvalue weighted by molar-refractivity contribution is -0.215. The van der Waals surface area contributed by atoms with E-state index in [0.717, 1.165) is 5.06 Å². The van der Waals surface area contributed by atoms with Crippen LogP contribution in [0.4, 0.5) is 4.79 Å². The van der Waals surface area contributed by atoms with Crippen LogP contribution < -0.4 is 5.32 Å². The third-order valence-electron chi connectivity index (χ3n) is 1.13. The Morgan fingerprint density at radius 3 is 2.60 bits per heavy atom. The minimum absolute atomic E-state index is 0.0582. The first-order chi connectivity index (χ1) is 4.61. The molecule has 0 aliphatic carbocycles. The molecule has 1 heterocycles. The van der Waals surface area contributed by atoms with Gasteiger partial charge in [0.15, 0.2) is 0 Å². The van der Waals surface area contributed by atoms with Crippen molar-refractivity contribution in [1.82, 2.24) is 10.4 Å². The highest BCUT2D eigenvalue weighted by Gasteiger charge is 2.30. The van der Waals surface area contributed by atoms with Crippen LogP contribution in [-0.4, -0.2) is 28.7 Å². The summed E-state index contributed by atoms with van der Waals surface area (Å²) in [5.74, 6) is 0. The van der Waals surface area contributed by atoms with Gasteiger partial charge in [-0.05, 0) is 13.8 Å². The smallest absolute Gasteiger partial charge is 0.345 e. The number of hydrogen-bond donors (Lipinski definition) is 2. The summed E-state index contributed by atoms with van der Waals surface area (Å²) >= 11 is 0. The topological polar surface area (TPSA) is 61.8 Å². The number of nitrogens with zero attached hydrogens (tertiary/aromatic N) is 1. The Kier molecular flexibility index (Phi) is 1.78. The van der Waals surface area contributed by atoms with E-state index in [0.29, 0.717) is 0 Å². The molecule has 2 N–H and O–H groups in total. The molecule has 10 heavy (non-hydrogen) atoms. The summed E-state index contributed by atoms with van der Waals surface area (Å²) in [6.07, 6.45) is -1.19. The molecule has 1 atom stereocenters. The van der Waals surface area contributed by atoms with Gasteiger partial charge in [-0.1, -0.05) is 0 Å². The van der Waals surface area contributed by atoms with Crippen molar-refractivity contribution < 1.29 is 14.7 Å². The average Bonchev–Trinajstić information content (AvgIpc) is 2.10. The van der Waals surface area contributed by atoms with Crippen LogP contribution in [0.1, 0.15) is 13.8 Å². The van der Waals surface area contributed by atoms with Gasteiger partial charge in [0.05, 0.1) is 6.04 Å². The lowest BCUT2D eigenvalue weighted by atomic mass is 10.4. The maximum absolute atomic E-state index is 10.8. The van der Waals surface area contributed by atoms with Crippen molar-refractivity contribution in [3.8, 4) is 0 Å². The van der Waals surface area contributed by atoms with Crippen molar-refractivity contribution in [2.45, 2.75) is 26.3 Å². The molecular formula is C5H10N2O3. The number of amides is 2. The van der Waals surface area contributed by atoms with Crippen LogP contribution in [0.25, 0.3) is 0 Å². The van der Waals surface area contributed by atoms with E-state index in [-0.39, 0.29) is 6.04 Å². The quantitative estimate of drug-likeness (QED) is 0.530. The molecule has 1 saturated heterocycles. The SMILES string of the molecule is CC(C)N1OC(O)NC1=O. The van der Waals surface area contributed by atoms with Gasteiger partial charge in [-0.3, -0.25) is 5.32 Å². The van der Waals surface area contributed by atoms with Crippen LogP contribution in [0, 0.1) is 0 Å². The van der Waals surface area contributed by atoms with Gasteiger partial charge in [0.2, 0.25) is 0 Å². The first kappa shape index (κ1) is 7.30. The lowest BCUT2D eigenvalue weighted by Crippen LogP contribution is -2.33. The fourth-order valence-electron chi connectivity index (χ4n) is 0.707. The molecule has 1 aliphatic heterocycles. The largest absolute Gasteiger partial charge is 0.350 e. The third kappa shape index (κ3) is 1.19. The van der Waals surface area contributed by atoms with Gasteiger partial charge in [-0.25, -0.2) is 9.63 Å². The molecule has 1 aliphatic rings. The summed E-state index contributed by atoms with van der Waals surface area (Å²) in [6, 6.07) is -0.459. The maximum Gasteiger partial charge on any atom is 0.345 e. The molecule has 0 radical (unpaired) electrons. The Morgan fingerprint density at radius 1 is 1.80 bits per heavy atom. The van der Waals surface area contributed by atoms with E-state index in [2.05, 4.69) is 10.2 Å². The van der Waals surface area contributed by atoms with Crippen LogP contribution in [-0.2, 0) is 4.84 Å². The summed E-state index contributed by atoms with van der Waals surface area (Å²) in [6.45, 7) is 3.58. The molecule has 2 amide bonds. The Labute approximate surface area is 58.5 Å². The van der Waals surface area contributed by atoms with Crippen molar-refractivity contribution in [3.63, 3.8) is 0 Å². The van der Waals surface area contributed by atoms with Gasteiger partial charge in [0.1, 0.15) is 0 Å². The normalized spacial score (nSPS) is 25.8. The first-order valence-electron chi connectivity index (χ1n) is 3.06. The van der Waals surface area contributed by atoms with Crippen LogP contribution in [0.5, 0.6) is 0 Å². The fourth-order valence-corrected chi connectivity index (χ4v) is 0.707. The second kappa shape index (κ2) is 2.43. The molecule has 0 bridgehead atoms. The Bertz CT molecular complexity index is 148. The van der Waals surface area contributed by atoms with E-state index in [9.17, 15) is 4.79 Å². The Morgan fingerprint density at radius 2 is 2.40 bits per heavy atom. The molecule has 0 aromatic carbocycles. The maximum atomic E-state index is 10.8. The third-order valence-corrected chi connectivity index (χ3v) is 1.13. The molecule has 1 rings (SSSR count). The molecule has 0 aromatic heterocycles. The monoisotopic (exact) mass is 146 g/mol. The zero-order chi connectivity index (χ0) is 7.72. The van der Waals surface area contributed by atoms with Crippen molar-refractivity contribution in [2.24, 2.45) is 0 Å². The van der Waals surface area contributed by atoms with E-state index in [1.165, 1.54) is 0 Å². The summed E-state index contributed by atoms with van der Waals surface area (Å²) in [5, 5.41) is 12.0. The predicted molar refractivity (Wildman–Crippen MR) is 32.6 cm³/mol. The average molecular weight is 146 g/mol. The number of urea groups is 1. The number of aliphatic hydroxyl groups excluding tert-OH is 1. The fraction of sp³-hybridized carbons (Fsp3) is 0.800. The number of rotatable bonds is 1. The Balaban J connectivity index is 2.55. The van der Waals surface area contributed by atoms with E-state index in [4.69, 9.17) is 5.11 Å². The van der Waals surface area contributed by atoms with Crippen LogP contribution >= 0.6 is 0 Å². The lowest BCUT2D eigenvalue weighted by Gasteiger charge is -2.15. The van der Waals surface area contributed by atoms with Crippen LogP contribution in [0.2, 0.25) is 0 Å². The van der Waals surface area contributed by atoms with E-state index in [1.54, 1.807) is 13.8 Å². The first-order valence-corrected chi connectivity index (χ1v) is 3.06. The number of hydrogen-bond acceptors (Lipinski definition) is 3. The second-order valence-corrected chi connectivity index (χ2v) is 2.33. The van der Waals surface area contributed by atoms with Gasteiger partial charge in [0, 0.05) is 0 Å². The number of nitrogens with one attached hydrogen (secondary N) is 1. The van der Waals surface area contributed by atoms with Crippen molar-refractivity contribution >= 4 is 6.03 Å². The highest BCUT2D eigenvalue weighted by atomic mass is 16.8. The van der Waals surface area contributed by atoms with E-state index < -0.39 is 12.4 Å². The Hall–Kier alpha value is -0.810. The highest BCUT2D eigenvalue weighted by molar-refractivity contribution is 5.74. The highest BCUT2D eigenvalue weighted by Crippen LogP contribution is 2.07. The van der Waals surface area contributed by atoms with Gasteiger partial charge < -0.3 is 5.11 Å². The van der Waals surface area contributed by atoms with Gasteiger partial charge >= 0.3 is 6.03 Å². The van der Waals surface area contributed by atoms with E-state index >= 15 is 0 Å². The molecule has 5 nitrogen and oxygen atoms in total. The molecule has 1 fully saturated rings. The molecular weight excluding hydrogens is 136 g/mol. The summed E-state index contributed by atoms with van der Waals surface area (Å²) < 4.78 is 0. The minimum atomic E-state index is -1.19. The summed E-state index contributed by atoms with van der Waals surface area (Å²) in [5.41, 5.74) is 0. The molecule has 0 aromatic rings. The zero-order valence-corrected chi connectivity index (χ0v) is 5.87. The van der Waals surface area contributed by atoms with Crippen LogP contribution in [0.3, 0.4) is 0 Å². The van der Waals surface area contributed by atoms with Crippen molar-refractivity contribution in [1.29, 1.82) is 0 Å². The molecule has 5 heteroatoms. The van der Waals surface area contributed by atoms with Gasteiger partial charge in [-0.15, -0.1) is 0 Å². The minimum Gasteiger partial charge on any atom is -0.350 e. The number of aliphatic hydroxyl groups is 1. The molecule has 58 valence electrons. The zero-order valence-electron chi connectivity index (χ0n) is 5.87. The van der Waals surface area contributed by atoms with Gasteiger partial charge in [-0.2, -0.15) is 5.06 Å². The standard InChI is InChI=1S/C5H10N2O3/c1-3(2)7-4(8)6-5(9)10-7/h3,5,9H,1-2H3,(H,6,8). The number of carbonyl (C=O) groups excluding carboxylic acids is 1. The van der Waals surface area contributed by atoms with E-state index in [1.807, 2.05) is 0 Å². The molecule has 0 spiro atoms. The van der Waals surface area contributed by atoms with Gasteiger partial charge in [0.25, 0.3) is 6.41 Å². The van der Waals surface area contributed by atoms with Crippen molar-refractivity contribution in [3.05, 3.63) is 0 Å². The predicted octanol–water partition coefficient (Wildman–Crippen LogP) is -0.372. The van der Waals surface area contributed by atoms with Crippen LogP contribution in [0.15, 0.2) is 0 Å². The van der Waals surface area contributed by atoms with Crippen molar-refractivity contribution in [2.75, 3.05) is 0 Å². The number of carbonyl (C=O) groups is 1. The molecule has 0 saturated carbocycles. The number of hydroxylamine groups is 2. The molecule has 1 unspecified atom stereocenters. The summed E-state index contributed by atoms with van der Waals surface area (Å²) in [4.78, 5) is 15.4. The second-order valence-electron chi connectivity index (χ2n) is 2.33. The summed E-state index contributed by atoms with van der Waals surface area (Å²) in [7, 11) is 0.